The fraction of sp³-hybridized carbons (Fsp3) is 0.421. The highest BCUT2D eigenvalue weighted by atomic mass is 16.2. The second-order valence-corrected chi connectivity index (χ2v) is 6.29. The molecule has 1 aliphatic rings. The summed E-state index contributed by atoms with van der Waals surface area (Å²) in [4.78, 5) is 25.5. The molecule has 2 aromatic rings. The van der Waals surface area contributed by atoms with Crippen molar-refractivity contribution in [2.24, 2.45) is 0 Å². The van der Waals surface area contributed by atoms with E-state index in [-0.39, 0.29) is 5.91 Å². The molecule has 0 unspecified atom stereocenters. The fourth-order valence-corrected chi connectivity index (χ4v) is 3.22. The van der Waals surface area contributed by atoms with Crippen LogP contribution in [0.1, 0.15) is 18.2 Å². The molecule has 1 amide bonds. The van der Waals surface area contributed by atoms with Crippen molar-refractivity contribution < 1.29 is 4.79 Å². The van der Waals surface area contributed by atoms with Crippen molar-refractivity contribution in [2.75, 3.05) is 42.9 Å². The summed E-state index contributed by atoms with van der Waals surface area (Å²) in [6, 6.07) is 9.58. The number of carbonyl (C=O) groups excluding carboxylic acids is 1. The number of carbonyl (C=O) groups is 1. The van der Waals surface area contributed by atoms with E-state index in [1.165, 1.54) is 5.56 Å². The van der Waals surface area contributed by atoms with Gasteiger partial charge < -0.3 is 10.2 Å². The van der Waals surface area contributed by atoms with Crippen LogP contribution in [-0.2, 0) is 11.2 Å². The molecule has 1 saturated heterocycles. The van der Waals surface area contributed by atoms with Crippen molar-refractivity contribution in [2.45, 2.75) is 20.3 Å². The number of anilines is 2. The average Bonchev–Trinajstić information content (AvgIpc) is 2.63. The van der Waals surface area contributed by atoms with E-state index in [0.717, 1.165) is 49.8 Å². The van der Waals surface area contributed by atoms with Gasteiger partial charge >= 0.3 is 0 Å². The van der Waals surface area contributed by atoms with E-state index in [0.29, 0.717) is 6.54 Å². The summed E-state index contributed by atoms with van der Waals surface area (Å²) in [6.45, 7) is 8.06. The molecule has 0 saturated carbocycles. The predicted molar refractivity (Wildman–Crippen MR) is 99.9 cm³/mol. The fourth-order valence-electron chi connectivity index (χ4n) is 3.22. The first-order valence-corrected chi connectivity index (χ1v) is 8.80. The molecule has 1 N–H and O–H groups in total. The van der Waals surface area contributed by atoms with Crippen molar-refractivity contribution >= 4 is 17.4 Å². The Morgan fingerprint density at radius 3 is 2.52 bits per heavy atom. The average molecular weight is 339 g/mol. The lowest BCUT2D eigenvalue weighted by Crippen LogP contribution is -2.49. The lowest BCUT2D eigenvalue weighted by Gasteiger charge is -2.35. The number of para-hydroxylation sites is 1. The van der Waals surface area contributed by atoms with E-state index >= 15 is 0 Å². The van der Waals surface area contributed by atoms with E-state index in [9.17, 15) is 4.79 Å². The summed E-state index contributed by atoms with van der Waals surface area (Å²) >= 11 is 0. The van der Waals surface area contributed by atoms with Crippen LogP contribution < -0.4 is 10.2 Å². The molecule has 3 rings (SSSR count). The number of aryl methyl sites for hydroxylation is 1. The zero-order valence-corrected chi connectivity index (χ0v) is 14.9. The van der Waals surface area contributed by atoms with Crippen LogP contribution in [0, 0.1) is 6.92 Å². The first-order valence-electron chi connectivity index (χ1n) is 8.80. The molecular weight excluding hydrogens is 314 g/mol. The molecule has 0 aliphatic carbocycles. The Balaban J connectivity index is 1.54. The normalized spacial score (nSPS) is 15.2. The summed E-state index contributed by atoms with van der Waals surface area (Å²) in [7, 11) is 0. The Morgan fingerprint density at radius 2 is 1.84 bits per heavy atom. The van der Waals surface area contributed by atoms with Crippen LogP contribution in [0.15, 0.2) is 36.7 Å². The largest absolute Gasteiger partial charge is 0.354 e. The summed E-state index contributed by atoms with van der Waals surface area (Å²) in [5.74, 6) is 1.08. The van der Waals surface area contributed by atoms with Gasteiger partial charge in [-0.3, -0.25) is 9.69 Å². The number of hydrogen-bond donors (Lipinski definition) is 1. The minimum atomic E-state index is 0.0341. The Labute approximate surface area is 148 Å². The van der Waals surface area contributed by atoms with Crippen LogP contribution in [0.4, 0.5) is 11.5 Å². The van der Waals surface area contributed by atoms with Gasteiger partial charge in [-0.05, 0) is 25.5 Å². The van der Waals surface area contributed by atoms with Crippen LogP contribution in [0.3, 0.4) is 0 Å². The van der Waals surface area contributed by atoms with E-state index in [4.69, 9.17) is 0 Å². The maximum atomic E-state index is 12.2. The quantitative estimate of drug-likeness (QED) is 0.904. The lowest BCUT2D eigenvalue weighted by molar-refractivity contribution is -0.117. The second kappa shape index (κ2) is 8.07. The van der Waals surface area contributed by atoms with Gasteiger partial charge in [0.05, 0.1) is 6.54 Å². The molecule has 1 aromatic heterocycles. The first-order chi connectivity index (χ1) is 12.2. The molecule has 1 aliphatic heterocycles. The third-order valence-electron chi connectivity index (χ3n) is 4.59. The third kappa shape index (κ3) is 4.33. The zero-order chi connectivity index (χ0) is 17.6. The standard InChI is InChI=1S/C19H25N5O/c1-3-17-15(2)20-14-21-19(17)24-11-9-23(10-12-24)13-18(25)22-16-7-5-4-6-8-16/h4-8,14H,3,9-13H2,1-2H3,(H,22,25). The Hall–Kier alpha value is -2.47. The van der Waals surface area contributed by atoms with Gasteiger partial charge in [0, 0.05) is 43.1 Å². The smallest absolute Gasteiger partial charge is 0.238 e. The van der Waals surface area contributed by atoms with Crippen molar-refractivity contribution in [3.8, 4) is 0 Å². The molecule has 25 heavy (non-hydrogen) atoms. The van der Waals surface area contributed by atoms with Crippen molar-refractivity contribution in [1.82, 2.24) is 14.9 Å². The van der Waals surface area contributed by atoms with Crippen molar-refractivity contribution in [3.63, 3.8) is 0 Å². The van der Waals surface area contributed by atoms with Gasteiger partial charge in [-0.15, -0.1) is 0 Å². The van der Waals surface area contributed by atoms with Crippen LogP contribution in [0.5, 0.6) is 0 Å². The van der Waals surface area contributed by atoms with E-state index < -0.39 is 0 Å². The molecule has 1 fully saturated rings. The number of amides is 1. The van der Waals surface area contributed by atoms with Gasteiger partial charge in [0.1, 0.15) is 12.1 Å². The van der Waals surface area contributed by atoms with Gasteiger partial charge in [0.15, 0.2) is 0 Å². The van der Waals surface area contributed by atoms with Gasteiger partial charge in [0.2, 0.25) is 5.91 Å². The SMILES string of the molecule is CCc1c(C)ncnc1N1CCN(CC(=O)Nc2ccccc2)CC1. The van der Waals surface area contributed by atoms with E-state index in [1.54, 1.807) is 6.33 Å². The zero-order valence-electron chi connectivity index (χ0n) is 14.9. The van der Waals surface area contributed by atoms with Crippen molar-refractivity contribution in [1.29, 1.82) is 0 Å². The van der Waals surface area contributed by atoms with Gasteiger partial charge in [-0.25, -0.2) is 9.97 Å². The number of nitrogens with one attached hydrogen (secondary N) is 1. The maximum Gasteiger partial charge on any atom is 0.238 e. The molecule has 6 heteroatoms. The van der Waals surface area contributed by atoms with Crippen LogP contribution in [0.25, 0.3) is 0 Å². The Bertz CT molecular complexity index is 711. The summed E-state index contributed by atoms with van der Waals surface area (Å²) in [5, 5.41) is 2.94. The number of nitrogens with zero attached hydrogens (tertiary/aromatic N) is 4. The molecule has 0 atom stereocenters. The Kier molecular flexibility index (Phi) is 5.60. The number of benzene rings is 1. The van der Waals surface area contributed by atoms with E-state index in [2.05, 4.69) is 32.0 Å². The molecule has 6 nitrogen and oxygen atoms in total. The van der Waals surface area contributed by atoms with Crippen LogP contribution >= 0.6 is 0 Å². The number of aromatic nitrogens is 2. The molecule has 0 spiro atoms. The van der Waals surface area contributed by atoms with E-state index in [1.807, 2.05) is 37.3 Å². The molecule has 0 radical (unpaired) electrons. The summed E-state index contributed by atoms with van der Waals surface area (Å²) < 4.78 is 0. The topological polar surface area (TPSA) is 61.4 Å². The lowest BCUT2D eigenvalue weighted by atomic mass is 10.1. The Morgan fingerprint density at radius 1 is 1.12 bits per heavy atom. The highest BCUT2D eigenvalue weighted by molar-refractivity contribution is 5.92. The summed E-state index contributed by atoms with van der Waals surface area (Å²) in [5.41, 5.74) is 3.12. The minimum absolute atomic E-state index is 0.0341. The molecule has 132 valence electrons. The predicted octanol–water partition coefficient (Wildman–Crippen LogP) is 2.11. The van der Waals surface area contributed by atoms with Crippen molar-refractivity contribution in [3.05, 3.63) is 47.9 Å². The molecule has 1 aromatic carbocycles. The minimum Gasteiger partial charge on any atom is -0.354 e. The monoisotopic (exact) mass is 339 g/mol. The van der Waals surface area contributed by atoms with Crippen LogP contribution in [-0.4, -0.2) is 53.5 Å². The van der Waals surface area contributed by atoms with Gasteiger partial charge in [-0.2, -0.15) is 0 Å². The third-order valence-corrected chi connectivity index (χ3v) is 4.59. The molecule has 2 heterocycles. The first kappa shape index (κ1) is 17.4. The van der Waals surface area contributed by atoms with Gasteiger partial charge in [-0.1, -0.05) is 25.1 Å². The highest BCUT2D eigenvalue weighted by Gasteiger charge is 2.22. The number of piperazine rings is 1. The number of hydrogen-bond acceptors (Lipinski definition) is 5. The summed E-state index contributed by atoms with van der Waals surface area (Å²) in [6.07, 6.45) is 2.57. The maximum absolute atomic E-state index is 12.2. The molecular formula is C19H25N5O. The van der Waals surface area contributed by atoms with Gasteiger partial charge in [0.25, 0.3) is 0 Å². The second-order valence-electron chi connectivity index (χ2n) is 6.29. The number of rotatable bonds is 5. The molecule has 0 bridgehead atoms. The highest BCUT2D eigenvalue weighted by Crippen LogP contribution is 2.21. The van der Waals surface area contributed by atoms with Crippen LogP contribution in [0.2, 0.25) is 0 Å².